The maximum Gasteiger partial charge on any atom is 0.325 e. The summed E-state index contributed by atoms with van der Waals surface area (Å²) < 4.78 is 53.1. The number of aliphatic hydroxyl groups excluding tert-OH is 1. The van der Waals surface area contributed by atoms with Crippen LogP contribution in [0.4, 0.5) is 16.2 Å². The Morgan fingerprint density at radius 3 is 2.68 bits per heavy atom. The van der Waals surface area contributed by atoms with Crippen molar-refractivity contribution in [3.05, 3.63) is 29.3 Å². The van der Waals surface area contributed by atoms with Crippen molar-refractivity contribution in [2.75, 3.05) is 31.5 Å². The molecule has 2 fully saturated rings. The number of alkyl halides is 1. The van der Waals surface area contributed by atoms with E-state index in [1.54, 1.807) is 11.5 Å². The molecule has 0 aliphatic carbocycles. The molecule has 2 saturated heterocycles. The summed E-state index contributed by atoms with van der Waals surface area (Å²) >= 11 is 14.4. The smallest absolute Gasteiger partial charge is 0.325 e. The highest BCUT2D eigenvalue weighted by Crippen LogP contribution is 2.52. The first-order valence-electron chi connectivity index (χ1n) is 13.7. The fraction of sp³-hybridized carbons (Fsp3) is 0.545. The molecule has 4 aromatic rings. The molecule has 4 aromatic heterocycles. The normalized spacial score (nSPS) is 29.9. The van der Waals surface area contributed by atoms with E-state index < -0.39 is 67.6 Å². The lowest BCUT2D eigenvalue weighted by Gasteiger charge is -2.29. The number of thiol groups is 1. The summed E-state index contributed by atoms with van der Waals surface area (Å²) in [5, 5.41) is 9.74. The number of aliphatic hydroxyl groups is 1. The van der Waals surface area contributed by atoms with E-state index >= 15 is 4.39 Å². The van der Waals surface area contributed by atoms with Crippen LogP contribution < -0.4 is 17.0 Å². The molecule has 0 bridgehead atoms. The van der Waals surface area contributed by atoms with Gasteiger partial charge in [-0.1, -0.05) is 11.8 Å². The van der Waals surface area contributed by atoms with Gasteiger partial charge in [0.05, 0.1) is 31.5 Å². The van der Waals surface area contributed by atoms with Crippen LogP contribution in [0, 0.1) is 0 Å². The molecule has 0 radical (unpaired) electrons. The molecule has 6 rings (SSSR count). The van der Waals surface area contributed by atoms with Crippen molar-refractivity contribution in [2.45, 2.75) is 55.9 Å². The molecule has 256 valence electrons. The van der Waals surface area contributed by atoms with Crippen LogP contribution >= 0.6 is 25.1 Å². The Kier molecular flexibility index (Phi) is 10.0. The minimum Gasteiger partial charge on any atom is -0.394 e. The molecule has 0 spiro atoms. The fourth-order valence-electron chi connectivity index (χ4n) is 5.35. The van der Waals surface area contributed by atoms with E-state index in [-0.39, 0.29) is 42.8 Å². The molecule has 0 aromatic carbocycles. The number of aromatic amines is 1. The number of hydrogen-bond acceptors (Lipinski definition) is 17. The summed E-state index contributed by atoms with van der Waals surface area (Å²) in [5.41, 5.74) is 10.4. The SMILES string of the molecule is C[C@]1(COP(O)(=S)O[C@@H]2[C@@H](F)[C@@H](CO)O[C@H]2n2cnc3c(=O)[nH]c(N)nc32)C[C@@H](OCO[PH](=S)S)[C@H](n2cnc3c(N)ncnc32)O1. The zero-order chi connectivity index (χ0) is 33.7. The summed E-state index contributed by atoms with van der Waals surface area (Å²) in [7, 11) is 0. The number of ether oxygens (including phenoxy) is 3. The molecule has 9 atom stereocenters. The lowest BCUT2D eigenvalue weighted by atomic mass is 10.0. The number of hydrogen-bond donors (Lipinski definition) is 6. The van der Waals surface area contributed by atoms with Crippen LogP contribution in [0.3, 0.4) is 0 Å². The first-order valence-corrected chi connectivity index (χ1v) is 20.1. The molecule has 2 unspecified atom stereocenters. The average Bonchev–Trinajstić information content (AvgIpc) is 3.77. The van der Waals surface area contributed by atoms with Gasteiger partial charge in [0.2, 0.25) is 5.95 Å². The van der Waals surface area contributed by atoms with Crippen molar-refractivity contribution in [1.82, 2.24) is 39.0 Å². The van der Waals surface area contributed by atoms with Gasteiger partial charge in [0.25, 0.3) is 5.56 Å². The van der Waals surface area contributed by atoms with Gasteiger partial charge in [0.15, 0.2) is 48.0 Å². The standard InChI is InChI=1S/C22H29FN10O9P2S3/c1-22(2-9(37-8-38-43(45)46)19(41-22)32-6-28-12-15(24)26-5-27-16(12)32)4-39-44(36,47)42-14-11(23)10(3-34)40-20(14)33-7-29-13-17(33)30-21(25)31-18(13)35/h5-7,9-11,14,19-20,34,43H,2-4,8H2,1H3,(H,36,47)(H,45,46)(H2,24,26,27)(H3,25,30,31,35)/t9-,10-,11+,14-,19-,20-,22-,44?/m1/s1. The van der Waals surface area contributed by atoms with Crippen LogP contribution in [0.2, 0.25) is 0 Å². The molecular weight excluding hydrogens is 725 g/mol. The third-order valence-corrected chi connectivity index (χ3v) is 10.1. The van der Waals surface area contributed by atoms with Crippen molar-refractivity contribution in [1.29, 1.82) is 0 Å². The van der Waals surface area contributed by atoms with E-state index in [9.17, 15) is 14.8 Å². The van der Waals surface area contributed by atoms with Crippen molar-refractivity contribution in [2.24, 2.45) is 0 Å². The van der Waals surface area contributed by atoms with Gasteiger partial charge in [-0.2, -0.15) is 4.98 Å². The highest BCUT2D eigenvalue weighted by molar-refractivity contribution is 8.54. The van der Waals surface area contributed by atoms with E-state index in [4.69, 9.17) is 62.9 Å². The second-order valence-corrected chi connectivity index (χ2v) is 17.6. The van der Waals surface area contributed by atoms with E-state index in [1.807, 2.05) is 0 Å². The van der Waals surface area contributed by atoms with Crippen molar-refractivity contribution in [3.8, 4) is 0 Å². The van der Waals surface area contributed by atoms with Crippen LogP contribution in [0.5, 0.6) is 0 Å². The van der Waals surface area contributed by atoms with Gasteiger partial charge in [0, 0.05) is 6.42 Å². The Bertz CT molecular complexity index is 1920. The second-order valence-electron chi connectivity index (χ2n) is 10.8. The minimum absolute atomic E-state index is 0.0444. The molecule has 19 nitrogen and oxygen atoms in total. The molecular formula is C22H29FN10O9P2S3. The molecule has 0 saturated carbocycles. The van der Waals surface area contributed by atoms with Crippen LogP contribution in [0.15, 0.2) is 23.8 Å². The minimum atomic E-state index is -4.25. The average molecular weight is 755 g/mol. The van der Waals surface area contributed by atoms with Crippen LogP contribution in [0.1, 0.15) is 25.8 Å². The largest absolute Gasteiger partial charge is 0.394 e. The number of aromatic nitrogens is 8. The fourth-order valence-corrected chi connectivity index (χ4v) is 7.30. The Morgan fingerprint density at radius 1 is 1.23 bits per heavy atom. The number of nitrogen functional groups attached to an aromatic ring is 2. The first-order chi connectivity index (χ1) is 22.3. The zero-order valence-electron chi connectivity index (χ0n) is 24.2. The van der Waals surface area contributed by atoms with E-state index in [1.165, 1.54) is 23.5 Å². The number of nitrogens with one attached hydrogen (secondary N) is 1. The predicted molar refractivity (Wildman–Crippen MR) is 174 cm³/mol. The summed E-state index contributed by atoms with van der Waals surface area (Å²) in [4.78, 5) is 46.3. The van der Waals surface area contributed by atoms with Gasteiger partial charge in [-0.3, -0.25) is 23.4 Å². The Labute approximate surface area is 280 Å². The van der Waals surface area contributed by atoms with Gasteiger partial charge in [-0.25, -0.2) is 24.3 Å². The molecule has 6 heterocycles. The van der Waals surface area contributed by atoms with Crippen molar-refractivity contribution >= 4 is 82.8 Å². The summed E-state index contributed by atoms with van der Waals surface area (Å²) in [5.74, 6) is -0.0535. The predicted octanol–water partition coefficient (Wildman–Crippen LogP) is 0.443. The van der Waals surface area contributed by atoms with E-state index in [2.05, 4.69) is 42.2 Å². The number of H-pyrrole nitrogens is 1. The number of nitrogens with zero attached hydrogens (tertiary/aromatic N) is 7. The number of rotatable bonds is 12. The Balaban J connectivity index is 1.21. The zero-order valence-corrected chi connectivity index (χ0v) is 28.6. The maximum atomic E-state index is 15.5. The third-order valence-electron chi connectivity index (χ3n) is 7.44. The first kappa shape index (κ1) is 34.6. The van der Waals surface area contributed by atoms with Crippen LogP contribution in [-0.4, -0.2) is 99.1 Å². The van der Waals surface area contributed by atoms with Gasteiger partial charge >= 0.3 is 6.72 Å². The topological polar surface area (TPSA) is 255 Å². The second kappa shape index (κ2) is 13.6. The van der Waals surface area contributed by atoms with Crippen molar-refractivity contribution < 1.29 is 42.2 Å². The van der Waals surface area contributed by atoms with Gasteiger partial charge in [0.1, 0.15) is 36.3 Å². The summed E-state index contributed by atoms with van der Waals surface area (Å²) in [6.07, 6.45) is -5.47. The van der Waals surface area contributed by atoms with Crippen molar-refractivity contribution in [3.63, 3.8) is 0 Å². The van der Waals surface area contributed by atoms with Gasteiger partial charge < -0.3 is 44.7 Å². The molecule has 2 aliphatic rings. The summed E-state index contributed by atoms with van der Waals surface area (Å²) in [6.45, 7) is -3.78. The number of halogens is 1. The molecule has 7 N–H and O–H groups in total. The van der Waals surface area contributed by atoms with Crippen LogP contribution in [-0.2, 0) is 51.4 Å². The quantitative estimate of drug-likeness (QED) is 0.0652. The lowest BCUT2D eigenvalue weighted by molar-refractivity contribution is -0.117. The lowest BCUT2D eigenvalue weighted by Crippen LogP contribution is -2.33. The molecule has 25 heteroatoms. The monoisotopic (exact) mass is 754 g/mol. The molecule has 2 aliphatic heterocycles. The Hall–Kier alpha value is -2.24. The number of anilines is 2. The highest BCUT2D eigenvalue weighted by atomic mass is 32.9. The van der Waals surface area contributed by atoms with Gasteiger partial charge in [-0.15, -0.1) is 12.2 Å². The maximum absolute atomic E-state index is 15.5. The third kappa shape index (κ3) is 7.09. The van der Waals surface area contributed by atoms with Crippen LogP contribution in [0.25, 0.3) is 22.3 Å². The molecule has 47 heavy (non-hydrogen) atoms. The highest BCUT2D eigenvalue weighted by Gasteiger charge is 2.51. The van der Waals surface area contributed by atoms with E-state index in [0.717, 1.165) is 0 Å². The summed E-state index contributed by atoms with van der Waals surface area (Å²) in [6, 6.07) is 0. The number of fused-ring (bicyclic) bond motifs is 2. The van der Waals surface area contributed by atoms with Gasteiger partial charge in [-0.05, 0) is 18.7 Å². The van der Waals surface area contributed by atoms with E-state index in [0.29, 0.717) is 11.2 Å². The number of imidazole rings is 2. The molecule has 0 amide bonds. The Morgan fingerprint density at radius 2 is 1.96 bits per heavy atom. The number of nitrogens with two attached hydrogens (primary N) is 2.